The number of amides is 1. The van der Waals surface area contributed by atoms with Crippen LogP contribution in [0.2, 0.25) is 15.1 Å². The molecular weight excluding hydrogens is 419 g/mol. The molecule has 2 heterocycles. The zero-order valence-electron chi connectivity index (χ0n) is 14.8. The maximum absolute atomic E-state index is 12.5. The number of hydrogen-bond donors (Lipinski definition) is 1. The van der Waals surface area contributed by atoms with Gasteiger partial charge in [-0.1, -0.05) is 34.8 Å². The number of furan rings is 1. The molecule has 1 aliphatic heterocycles. The minimum absolute atomic E-state index is 0.195. The van der Waals surface area contributed by atoms with Crippen LogP contribution in [0, 0.1) is 0 Å². The van der Waals surface area contributed by atoms with E-state index in [1.165, 1.54) is 12.8 Å². The maximum atomic E-state index is 12.5. The Morgan fingerprint density at radius 2 is 1.68 bits per heavy atom. The summed E-state index contributed by atoms with van der Waals surface area (Å²) in [6.45, 7) is 2.02. The van der Waals surface area contributed by atoms with Gasteiger partial charge in [-0.15, -0.1) is 0 Å². The first-order valence-corrected chi connectivity index (χ1v) is 10.1. The molecule has 0 radical (unpaired) electrons. The lowest BCUT2D eigenvalue weighted by atomic mass is 10.2. The van der Waals surface area contributed by atoms with Gasteiger partial charge in [0.1, 0.15) is 5.76 Å². The predicted octanol–water partition coefficient (Wildman–Crippen LogP) is 6.76. The zero-order valence-corrected chi connectivity index (χ0v) is 17.1. The highest BCUT2D eigenvalue weighted by molar-refractivity contribution is 6.42. The number of halogens is 3. The smallest absolute Gasteiger partial charge is 0.291 e. The van der Waals surface area contributed by atoms with E-state index in [4.69, 9.17) is 39.2 Å². The SMILES string of the molecule is O=C(Nc1ccc(N2CCCC2)c(Cl)c1)c1ccc(-c2ccc(Cl)c(Cl)c2)o1. The molecule has 0 aliphatic carbocycles. The first-order valence-electron chi connectivity index (χ1n) is 8.92. The number of nitrogens with zero attached hydrogens (tertiary/aromatic N) is 1. The third-order valence-electron chi connectivity index (χ3n) is 4.69. The Morgan fingerprint density at radius 1 is 0.893 bits per heavy atom. The Labute approximate surface area is 178 Å². The number of rotatable bonds is 4. The molecule has 1 N–H and O–H groups in total. The van der Waals surface area contributed by atoms with E-state index in [0.717, 1.165) is 24.3 Å². The van der Waals surface area contributed by atoms with Gasteiger partial charge in [-0.2, -0.15) is 0 Å². The van der Waals surface area contributed by atoms with Crippen LogP contribution in [0.15, 0.2) is 52.9 Å². The average Bonchev–Trinajstić information content (AvgIpc) is 3.36. The largest absolute Gasteiger partial charge is 0.451 e. The lowest BCUT2D eigenvalue weighted by Crippen LogP contribution is -2.18. The molecule has 0 spiro atoms. The van der Waals surface area contributed by atoms with Gasteiger partial charge >= 0.3 is 0 Å². The molecule has 1 aliphatic rings. The van der Waals surface area contributed by atoms with Crippen molar-refractivity contribution in [1.29, 1.82) is 0 Å². The van der Waals surface area contributed by atoms with Crippen molar-refractivity contribution in [2.24, 2.45) is 0 Å². The summed E-state index contributed by atoms with van der Waals surface area (Å²) in [5, 5.41) is 4.33. The number of benzene rings is 2. The van der Waals surface area contributed by atoms with E-state index < -0.39 is 0 Å². The molecule has 7 heteroatoms. The summed E-state index contributed by atoms with van der Waals surface area (Å²) >= 11 is 18.4. The molecule has 0 bridgehead atoms. The van der Waals surface area contributed by atoms with Crippen LogP contribution >= 0.6 is 34.8 Å². The van der Waals surface area contributed by atoms with E-state index in [1.807, 2.05) is 12.1 Å². The van der Waals surface area contributed by atoms with E-state index >= 15 is 0 Å². The fourth-order valence-corrected chi connectivity index (χ4v) is 3.85. The van der Waals surface area contributed by atoms with Gasteiger partial charge in [-0.3, -0.25) is 4.79 Å². The fourth-order valence-electron chi connectivity index (χ4n) is 3.26. The molecule has 28 heavy (non-hydrogen) atoms. The molecule has 1 fully saturated rings. The second-order valence-corrected chi connectivity index (χ2v) is 7.83. The van der Waals surface area contributed by atoms with E-state index in [9.17, 15) is 4.79 Å². The zero-order chi connectivity index (χ0) is 19.7. The molecular formula is C21H17Cl3N2O2. The lowest BCUT2D eigenvalue weighted by Gasteiger charge is -2.19. The molecule has 1 aromatic heterocycles. The van der Waals surface area contributed by atoms with Crippen LogP contribution in [0.1, 0.15) is 23.4 Å². The summed E-state index contributed by atoms with van der Waals surface area (Å²) < 4.78 is 5.68. The van der Waals surface area contributed by atoms with Gasteiger partial charge in [0, 0.05) is 24.3 Å². The van der Waals surface area contributed by atoms with Crippen molar-refractivity contribution in [2.75, 3.05) is 23.3 Å². The maximum Gasteiger partial charge on any atom is 0.291 e. The Bertz CT molecular complexity index is 1030. The van der Waals surface area contributed by atoms with Gasteiger partial charge in [0.05, 0.1) is 20.8 Å². The quantitative estimate of drug-likeness (QED) is 0.492. The normalized spacial score (nSPS) is 13.8. The minimum atomic E-state index is -0.351. The van der Waals surface area contributed by atoms with Crippen molar-refractivity contribution in [3.8, 4) is 11.3 Å². The van der Waals surface area contributed by atoms with Crippen LogP contribution in [0.5, 0.6) is 0 Å². The Morgan fingerprint density at radius 3 is 2.39 bits per heavy atom. The number of anilines is 2. The summed E-state index contributed by atoms with van der Waals surface area (Å²) in [7, 11) is 0. The molecule has 0 unspecified atom stereocenters. The Hall–Kier alpha value is -2.14. The van der Waals surface area contributed by atoms with Crippen molar-refractivity contribution in [2.45, 2.75) is 12.8 Å². The molecule has 144 valence electrons. The van der Waals surface area contributed by atoms with Gasteiger partial charge in [0.15, 0.2) is 5.76 Å². The Kier molecular flexibility index (Phi) is 5.54. The van der Waals surface area contributed by atoms with Crippen LogP contribution in [-0.2, 0) is 0 Å². The predicted molar refractivity (Wildman–Crippen MR) is 115 cm³/mol. The molecule has 0 saturated carbocycles. The van der Waals surface area contributed by atoms with Crippen molar-refractivity contribution in [3.05, 3.63) is 69.4 Å². The van der Waals surface area contributed by atoms with Gasteiger partial charge in [0.2, 0.25) is 0 Å². The number of carbonyl (C=O) groups excluding carboxylic acids is 1. The second kappa shape index (κ2) is 8.08. The number of nitrogens with one attached hydrogen (secondary N) is 1. The topological polar surface area (TPSA) is 45.5 Å². The van der Waals surface area contributed by atoms with Crippen LogP contribution in [-0.4, -0.2) is 19.0 Å². The third kappa shape index (κ3) is 4.00. The summed E-state index contributed by atoms with van der Waals surface area (Å²) in [6.07, 6.45) is 2.35. The van der Waals surface area contributed by atoms with Crippen LogP contribution in [0.25, 0.3) is 11.3 Å². The first-order chi connectivity index (χ1) is 13.5. The standard InChI is InChI=1S/C21H17Cl3N2O2/c22-15-5-3-13(11-16(15)23)19-7-8-20(28-19)21(27)25-14-4-6-18(17(24)12-14)26-9-1-2-10-26/h3-8,11-12H,1-2,9-10H2,(H,25,27). The summed E-state index contributed by atoms with van der Waals surface area (Å²) in [4.78, 5) is 14.8. The number of carbonyl (C=O) groups is 1. The molecule has 2 aromatic carbocycles. The number of hydrogen-bond acceptors (Lipinski definition) is 3. The van der Waals surface area contributed by atoms with Crippen molar-refractivity contribution in [3.63, 3.8) is 0 Å². The Balaban J connectivity index is 1.49. The molecule has 1 saturated heterocycles. The molecule has 3 aromatic rings. The van der Waals surface area contributed by atoms with Crippen LogP contribution < -0.4 is 10.2 Å². The van der Waals surface area contributed by atoms with Crippen molar-refractivity contribution >= 4 is 52.1 Å². The van der Waals surface area contributed by atoms with Crippen LogP contribution in [0.3, 0.4) is 0 Å². The molecule has 4 nitrogen and oxygen atoms in total. The van der Waals surface area contributed by atoms with Gasteiger partial charge in [0.25, 0.3) is 5.91 Å². The van der Waals surface area contributed by atoms with Gasteiger partial charge in [-0.05, 0) is 61.4 Å². The molecule has 1 amide bonds. The highest BCUT2D eigenvalue weighted by atomic mass is 35.5. The second-order valence-electron chi connectivity index (χ2n) is 6.61. The summed E-state index contributed by atoms with van der Waals surface area (Å²) in [5.74, 6) is 0.378. The van der Waals surface area contributed by atoms with Gasteiger partial charge in [-0.25, -0.2) is 0 Å². The lowest BCUT2D eigenvalue weighted by molar-refractivity contribution is 0.0997. The third-order valence-corrected chi connectivity index (χ3v) is 5.73. The van der Waals surface area contributed by atoms with E-state index in [-0.39, 0.29) is 11.7 Å². The first kappa shape index (κ1) is 19.2. The van der Waals surface area contributed by atoms with Gasteiger partial charge < -0.3 is 14.6 Å². The molecule has 4 rings (SSSR count). The summed E-state index contributed by atoms with van der Waals surface area (Å²) in [5.41, 5.74) is 2.36. The van der Waals surface area contributed by atoms with Crippen molar-refractivity contribution in [1.82, 2.24) is 0 Å². The summed E-state index contributed by atoms with van der Waals surface area (Å²) in [6, 6.07) is 14.0. The highest BCUT2D eigenvalue weighted by Crippen LogP contribution is 2.32. The van der Waals surface area contributed by atoms with E-state index in [2.05, 4.69) is 10.2 Å². The monoisotopic (exact) mass is 434 g/mol. The van der Waals surface area contributed by atoms with Crippen LogP contribution in [0.4, 0.5) is 11.4 Å². The molecule has 0 atom stereocenters. The highest BCUT2D eigenvalue weighted by Gasteiger charge is 2.17. The fraction of sp³-hybridized carbons (Fsp3) is 0.190. The van der Waals surface area contributed by atoms with E-state index in [1.54, 1.807) is 36.4 Å². The van der Waals surface area contributed by atoms with Crippen molar-refractivity contribution < 1.29 is 9.21 Å². The minimum Gasteiger partial charge on any atom is -0.451 e. The average molecular weight is 436 g/mol. The van der Waals surface area contributed by atoms with E-state index in [0.29, 0.717) is 26.5 Å².